The summed E-state index contributed by atoms with van der Waals surface area (Å²) in [6.07, 6.45) is 2.50. The fourth-order valence-corrected chi connectivity index (χ4v) is 4.81. The molecular formula is C31H31NO6. The van der Waals surface area contributed by atoms with Crippen molar-refractivity contribution in [1.29, 1.82) is 0 Å². The summed E-state index contributed by atoms with van der Waals surface area (Å²) in [5, 5.41) is 11.4. The van der Waals surface area contributed by atoms with Crippen molar-refractivity contribution in [2.75, 3.05) is 26.4 Å². The average Bonchev–Trinajstić information content (AvgIpc) is 3.21. The van der Waals surface area contributed by atoms with Crippen molar-refractivity contribution in [3.05, 3.63) is 95.1 Å². The van der Waals surface area contributed by atoms with Crippen LogP contribution in [0.4, 0.5) is 0 Å². The summed E-state index contributed by atoms with van der Waals surface area (Å²) >= 11 is 0. The SMILES string of the molecule is CCCCOc1cccc([C@H]2C(=C(O)c3ccc4c(c3)OCCO4)C(=O)C(=O)N2CCc2ccccc2)c1. The van der Waals surface area contributed by atoms with E-state index in [9.17, 15) is 14.7 Å². The number of hydrogen-bond acceptors (Lipinski definition) is 6. The van der Waals surface area contributed by atoms with E-state index in [0.29, 0.717) is 61.2 Å². The molecule has 0 aliphatic carbocycles. The topological polar surface area (TPSA) is 85.3 Å². The van der Waals surface area contributed by atoms with Gasteiger partial charge in [-0.2, -0.15) is 0 Å². The number of unbranched alkanes of at least 4 members (excludes halogenated alkanes) is 1. The highest BCUT2D eigenvalue weighted by atomic mass is 16.6. The van der Waals surface area contributed by atoms with Gasteiger partial charge in [-0.3, -0.25) is 9.59 Å². The van der Waals surface area contributed by atoms with Gasteiger partial charge in [-0.1, -0.05) is 55.8 Å². The largest absolute Gasteiger partial charge is 0.507 e. The van der Waals surface area contributed by atoms with E-state index >= 15 is 0 Å². The Morgan fingerprint density at radius 2 is 1.76 bits per heavy atom. The number of hydrogen-bond donors (Lipinski definition) is 1. The second-order valence-electron chi connectivity index (χ2n) is 9.36. The number of fused-ring (bicyclic) bond motifs is 1. The Bertz CT molecular complexity index is 1350. The fourth-order valence-electron chi connectivity index (χ4n) is 4.81. The molecule has 0 unspecified atom stereocenters. The third-order valence-electron chi connectivity index (χ3n) is 6.78. The number of nitrogens with zero attached hydrogens (tertiary/aromatic N) is 1. The van der Waals surface area contributed by atoms with Crippen LogP contribution in [0.15, 0.2) is 78.4 Å². The number of aliphatic hydroxyl groups is 1. The van der Waals surface area contributed by atoms with Crippen LogP contribution in [-0.4, -0.2) is 48.1 Å². The summed E-state index contributed by atoms with van der Waals surface area (Å²) in [5.41, 5.74) is 2.18. The van der Waals surface area contributed by atoms with E-state index in [1.54, 1.807) is 23.1 Å². The second kappa shape index (κ2) is 11.4. The summed E-state index contributed by atoms with van der Waals surface area (Å²) in [6, 6.07) is 21.5. The Kier molecular flexibility index (Phi) is 7.63. The van der Waals surface area contributed by atoms with E-state index in [4.69, 9.17) is 14.2 Å². The lowest BCUT2D eigenvalue weighted by molar-refractivity contribution is -0.139. The standard InChI is InChI=1S/C31H31NO6/c1-2-3-16-36-24-11-7-10-22(19-24)28-27(29(33)23-12-13-25-26(20-23)38-18-17-37-25)30(34)31(35)32(28)15-14-21-8-5-4-6-9-21/h4-13,19-20,28,33H,2-3,14-18H2,1H3/t28-/m0/s1. The lowest BCUT2D eigenvalue weighted by Gasteiger charge is -2.26. The van der Waals surface area contributed by atoms with Crippen molar-refractivity contribution >= 4 is 17.4 Å². The molecule has 38 heavy (non-hydrogen) atoms. The number of ether oxygens (including phenoxy) is 3. The highest BCUT2D eigenvalue weighted by Crippen LogP contribution is 2.41. The van der Waals surface area contributed by atoms with E-state index in [-0.39, 0.29) is 11.3 Å². The van der Waals surface area contributed by atoms with Crippen molar-refractivity contribution < 1.29 is 28.9 Å². The lowest BCUT2D eigenvalue weighted by Crippen LogP contribution is -2.31. The number of rotatable bonds is 9. The smallest absolute Gasteiger partial charge is 0.295 e. The molecule has 1 amide bonds. The Hall–Kier alpha value is -4.26. The van der Waals surface area contributed by atoms with Gasteiger partial charge < -0.3 is 24.2 Å². The monoisotopic (exact) mass is 513 g/mol. The Labute approximate surface area is 222 Å². The molecule has 1 fully saturated rings. The molecule has 0 saturated carbocycles. The molecule has 3 aromatic carbocycles. The van der Waals surface area contributed by atoms with Gasteiger partial charge in [0.25, 0.3) is 11.7 Å². The minimum absolute atomic E-state index is 0.0467. The molecule has 1 N–H and O–H groups in total. The fraction of sp³-hybridized carbons (Fsp3) is 0.290. The van der Waals surface area contributed by atoms with E-state index in [2.05, 4.69) is 6.92 Å². The number of benzene rings is 3. The van der Waals surface area contributed by atoms with Crippen molar-refractivity contribution in [2.24, 2.45) is 0 Å². The first-order valence-electron chi connectivity index (χ1n) is 13.0. The Balaban J connectivity index is 1.55. The van der Waals surface area contributed by atoms with Gasteiger partial charge in [-0.15, -0.1) is 0 Å². The minimum Gasteiger partial charge on any atom is -0.507 e. The normalized spacial score (nSPS) is 18.0. The molecule has 7 heteroatoms. The van der Waals surface area contributed by atoms with E-state index in [1.807, 2.05) is 54.6 Å². The van der Waals surface area contributed by atoms with Crippen molar-refractivity contribution in [3.63, 3.8) is 0 Å². The van der Waals surface area contributed by atoms with Crippen LogP contribution in [0.1, 0.15) is 42.5 Å². The number of carbonyl (C=O) groups is 2. The quantitative estimate of drug-likeness (QED) is 0.181. The maximum absolute atomic E-state index is 13.4. The first kappa shape index (κ1) is 25.4. The maximum Gasteiger partial charge on any atom is 0.295 e. The molecule has 0 aromatic heterocycles. The van der Waals surface area contributed by atoms with Gasteiger partial charge in [0.05, 0.1) is 18.2 Å². The van der Waals surface area contributed by atoms with Crippen LogP contribution in [0, 0.1) is 0 Å². The van der Waals surface area contributed by atoms with E-state index in [1.165, 1.54) is 0 Å². The van der Waals surface area contributed by atoms with Gasteiger partial charge >= 0.3 is 0 Å². The molecule has 0 spiro atoms. The van der Waals surface area contributed by atoms with Crippen LogP contribution in [0.2, 0.25) is 0 Å². The number of amides is 1. The van der Waals surface area contributed by atoms with Crippen LogP contribution in [0.5, 0.6) is 17.2 Å². The van der Waals surface area contributed by atoms with Crippen molar-refractivity contribution in [2.45, 2.75) is 32.2 Å². The van der Waals surface area contributed by atoms with Gasteiger partial charge in [0.15, 0.2) is 11.5 Å². The molecule has 3 aromatic rings. The molecule has 2 aliphatic rings. The molecule has 2 aliphatic heterocycles. The number of ketones is 1. The third kappa shape index (κ3) is 5.23. The molecule has 0 bridgehead atoms. The maximum atomic E-state index is 13.4. The minimum atomic E-state index is -0.762. The summed E-state index contributed by atoms with van der Waals surface area (Å²) in [4.78, 5) is 28.3. The van der Waals surface area contributed by atoms with Gasteiger partial charge in [-0.25, -0.2) is 0 Å². The number of carbonyl (C=O) groups excluding carboxylic acids is 2. The second-order valence-corrected chi connectivity index (χ2v) is 9.36. The molecule has 196 valence electrons. The lowest BCUT2D eigenvalue weighted by atomic mass is 9.95. The number of aliphatic hydroxyl groups excluding tert-OH is 1. The molecule has 7 nitrogen and oxygen atoms in total. The van der Waals surface area contributed by atoms with Crippen LogP contribution >= 0.6 is 0 Å². The Morgan fingerprint density at radius 1 is 0.974 bits per heavy atom. The first-order valence-corrected chi connectivity index (χ1v) is 13.0. The van der Waals surface area contributed by atoms with E-state index < -0.39 is 17.7 Å². The summed E-state index contributed by atoms with van der Waals surface area (Å²) in [6.45, 7) is 3.83. The third-order valence-corrected chi connectivity index (χ3v) is 6.78. The zero-order valence-corrected chi connectivity index (χ0v) is 21.4. The molecule has 0 radical (unpaired) electrons. The summed E-state index contributed by atoms with van der Waals surface area (Å²) in [7, 11) is 0. The zero-order valence-electron chi connectivity index (χ0n) is 21.4. The van der Waals surface area contributed by atoms with Gasteiger partial charge in [0.2, 0.25) is 0 Å². The highest BCUT2D eigenvalue weighted by molar-refractivity contribution is 6.46. The number of Topliss-reactive ketones (excluding diaryl/α,β-unsaturated/α-hetero) is 1. The van der Waals surface area contributed by atoms with Crippen LogP contribution in [0.25, 0.3) is 5.76 Å². The zero-order chi connectivity index (χ0) is 26.5. The van der Waals surface area contributed by atoms with Crippen molar-refractivity contribution in [1.82, 2.24) is 4.90 Å². The Morgan fingerprint density at radius 3 is 2.55 bits per heavy atom. The van der Waals surface area contributed by atoms with Crippen LogP contribution < -0.4 is 14.2 Å². The molecule has 5 rings (SSSR count). The van der Waals surface area contributed by atoms with Gasteiger partial charge in [0, 0.05) is 12.1 Å². The molecule has 2 heterocycles. The predicted octanol–water partition coefficient (Wildman–Crippen LogP) is 5.30. The highest BCUT2D eigenvalue weighted by Gasteiger charge is 2.46. The predicted molar refractivity (Wildman–Crippen MR) is 143 cm³/mol. The van der Waals surface area contributed by atoms with Crippen molar-refractivity contribution in [3.8, 4) is 17.2 Å². The molecular weight excluding hydrogens is 482 g/mol. The van der Waals surface area contributed by atoms with Crippen LogP contribution in [0.3, 0.4) is 0 Å². The summed E-state index contributed by atoms with van der Waals surface area (Å²) < 4.78 is 17.2. The van der Waals surface area contributed by atoms with E-state index in [0.717, 1.165) is 18.4 Å². The molecule has 1 saturated heterocycles. The molecule has 1 atom stereocenters. The first-order chi connectivity index (χ1) is 18.6. The van der Waals surface area contributed by atoms with Crippen LogP contribution in [-0.2, 0) is 16.0 Å². The number of likely N-dealkylation sites (tertiary alicyclic amines) is 1. The van der Waals surface area contributed by atoms with Gasteiger partial charge in [0.1, 0.15) is 24.7 Å². The average molecular weight is 514 g/mol. The summed E-state index contributed by atoms with van der Waals surface area (Å²) in [5.74, 6) is 0.120. The van der Waals surface area contributed by atoms with Gasteiger partial charge in [-0.05, 0) is 54.3 Å².